The van der Waals surface area contributed by atoms with Gasteiger partial charge in [0, 0.05) is 6.42 Å². The van der Waals surface area contributed by atoms with Gasteiger partial charge in [-0.15, -0.1) is 21.5 Å². The highest BCUT2D eigenvalue weighted by atomic mass is 32.1. The number of rotatable bonds is 6. The van der Waals surface area contributed by atoms with Crippen LogP contribution in [0.25, 0.3) is 10.8 Å². The Bertz CT molecular complexity index is 464. The first kappa shape index (κ1) is 12.3. The summed E-state index contributed by atoms with van der Waals surface area (Å²) >= 11 is 1.66. The molecular formula is C12H17N3OS. The molecule has 1 N–H and O–H groups in total. The maximum Gasteiger partial charge on any atom is 0.258 e. The number of nitrogens with zero attached hydrogens (tertiary/aromatic N) is 2. The highest BCUT2D eigenvalue weighted by Gasteiger charge is 2.12. The van der Waals surface area contributed by atoms with E-state index in [1.165, 1.54) is 5.56 Å². The van der Waals surface area contributed by atoms with Crippen LogP contribution >= 0.6 is 11.3 Å². The lowest BCUT2D eigenvalue weighted by molar-refractivity contribution is 0.495. The van der Waals surface area contributed by atoms with Gasteiger partial charge >= 0.3 is 0 Å². The van der Waals surface area contributed by atoms with Gasteiger partial charge in [-0.25, -0.2) is 0 Å². The van der Waals surface area contributed by atoms with Crippen molar-refractivity contribution in [3.05, 3.63) is 22.9 Å². The van der Waals surface area contributed by atoms with Crippen molar-refractivity contribution >= 4 is 11.3 Å². The molecular weight excluding hydrogens is 234 g/mol. The number of aromatic nitrogens is 2. The Hall–Kier alpha value is -1.20. The normalized spacial score (nSPS) is 10.9. The van der Waals surface area contributed by atoms with Crippen molar-refractivity contribution in [2.45, 2.75) is 26.2 Å². The van der Waals surface area contributed by atoms with Crippen LogP contribution in [0, 0.1) is 0 Å². The molecule has 0 unspecified atom stereocenters. The molecule has 0 radical (unpaired) electrons. The zero-order valence-electron chi connectivity index (χ0n) is 10.2. The molecule has 0 aliphatic heterocycles. The topological polar surface area (TPSA) is 51.0 Å². The van der Waals surface area contributed by atoms with E-state index in [-0.39, 0.29) is 0 Å². The molecule has 0 saturated heterocycles. The van der Waals surface area contributed by atoms with Gasteiger partial charge in [0.15, 0.2) is 0 Å². The summed E-state index contributed by atoms with van der Waals surface area (Å²) in [6.45, 7) is 3.10. The van der Waals surface area contributed by atoms with E-state index in [9.17, 15) is 0 Å². The van der Waals surface area contributed by atoms with Gasteiger partial charge in [-0.2, -0.15) is 0 Å². The molecule has 0 aliphatic carbocycles. The Kier molecular flexibility index (Phi) is 4.28. The molecule has 92 valence electrons. The van der Waals surface area contributed by atoms with E-state index in [2.05, 4.69) is 33.9 Å². The van der Waals surface area contributed by atoms with Gasteiger partial charge in [0.1, 0.15) is 0 Å². The minimum Gasteiger partial charge on any atom is -0.420 e. The highest BCUT2D eigenvalue weighted by Crippen LogP contribution is 2.28. The van der Waals surface area contributed by atoms with Gasteiger partial charge in [0.05, 0.1) is 4.88 Å². The summed E-state index contributed by atoms with van der Waals surface area (Å²) in [6.07, 6.45) is 2.85. The fourth-order valence-corrected chi connectivity index (χ4v) is 2.58. The second-order valence-corrected chi connectivity index (χ2v) is 4.75. The summed E-state index contributed by atoms with van der Waals surface area (Å²) in [7, 11) is 1.94. The van der Waals surface area contributed by atoms with Gasteiger partial charge in [-0.1, -0.05) is 6.92 Å². The number of nitrogens with one attached hydrogen (secondary N) is 1. The lowest BCUT2D eigenvalue weighted by atomic mass is 10.2. The van der Waals surface area contributed by atoms with E-state index in [0.29, 0.717) is 5.89 Å². The zero-order chi connectivity index (χ0) is 12.1. The van der Waals surface area contributed by atoms with Crippen LogP contribution in [0.2, 0.25) is 0 Å². The fraction of sp³-hybridized carbons (Fsp3) is 0.500. The molecule has 2 aromatic rings. The SMILES string of the molecule is CCc1ccsc1-c1nnc(CCCNC)o1. The number of aryl methyl sites for hydroxylation is 2. The third-order valence-electron chi connectivity index (χ3n) is 2.61. The van der Waals surface area contributed by atoms with Crippen molar-refractivity contribution in [2.24, 2.45) is 0 Å². The molecule has 0 aromatic carbocycles. The Balaban J connectivity index is 2.07. The van der Waals surface area contributed by atoms with Crippen LogP contribution in [0.1, 0.15) is 24.8 Å². The second kappa shape index (κ2) is 5.93. The van der Waals surface area contributed by atoms with E-state index in [4.69, 9.17) is 4.42 Å². The number of hydrogen-bond acceptors (Lipinski definition) is 5. The molecule has 0 atom stereocenters. The van der Waals surface area contributed by atoms with Crippen molar-refractivity contribution in [3.63, 3.8) is 0 Å². The van der Waals surface area contributed by atoms with E-state index in [0.717, 1.165) is 36.6 Å². The summed E-state index contributed by atoms with van der Waals surface area (Å²) in [5, 5.41) is 13.4. The molecule has 0 spiro atoms. The lowest BCUT2D eigenvalue weighted by Crippen LogP contribution is -2.08. The van der Waals surface area contributed by atoms with Crippen molar-refractivity contribution in [1.29, 1.82) is 0 Å². The summed E-state index contributed by atoms with van der Waals surface area (Å²) in [6, 6.07) is 2.12. The van der Waals surface area contributed by atoms with Crippen LogP contribution in [0.3, 0.4) is 0 Å². The monoisotopic (exact) mass is 251 g/mol. The molecule has 2 heterocycles. The van der Waals surface area contributed by atoms with Crippen molar-refractivity contribution in [1.82, 2.24) is 15.5 Å². The maximum atomic E-state index is 5.68. The van der Waals surface area contributed by atoms with E-state index < -0.39 is 0 Å². The fourth-order valence-electron chi connectivity index (χ4n) is 1.66. The summed E-state index contributed by atoms with van der Waals surface area (Å²) in [5.74, 6) is 1.39. The average molecular weight is 251 g/mol. The van der Waals surface area contributed by atoms with Gasteiger partial charge < -0.3 is 9.73 Å². The predicted octanol–water partition coefficient (Wildman–Crippen LogP) is 2.51. The Morgan fingerprint density at radius 1 is 1.41 bits per heavy atom. The first-order valence-electron chi connectivity index (χ1n) is 5.89. The van der Waals surface area contributed by atoms with E-state index >= 15 is 0 Å². The molecule has 0 saturated carbocycles. The molecule has 0 fully saturated rings. The van der Waals surface area contributed by atoms with Gasteiger partial charge in [-0.3, -0.25) is 0 Å². The smallest absolute Gasteiger partial charge is 0.258 e. The Morgan fingerprint density at radius 3 is 3.06 bits per heavy atom. The third-order valence-corrected chi connectivity index (χ3v) is 3.55. The molecule has 0 bridgehead atoms. The van der Waals surface area contributed by atoms with Gasteiger partial charge in [-0.05, 0) is 43.4 Å². The molecule has 17 heavy (non-hydrogen) atoms. The average Bonchev–Trinajstić information content (AvgIpc) is 2.96. The summed E-state index contributed by atoms with van der Waals surface area (Å²) in [4.78, 5) is 1.11. The standard InChI is InChI=1S/C12H17N3OS/c1-3-9-6-8-17-11(9)12-15-14-10(16-12)5-4-7-13-2/h6,8,13H,3-5,7H2,1-2H3. The van der Waals surface area contributed by atoms with Crippen LogP contribution in [-0.4, -0.2) is 23.8 Å². The van der Waals surface area contributed by atoms with E-state index in [1.54, 1.807) is 11.3 Å². The molecule has 2 aromatic heterocycles. The number of thiophene rings is 1. The van der Waals surface area contributed by atoms with Gasteiger partial charge in [0.2, 0.25) is 5.89 Å². The Labute approximate surface area is 105 Å². The largest absolute Gasteiger partial charge is 0.420 e. The lowest BCUT2D eigenvalue weighted by Gasteiger charge is -1.95. The third kappa shape index (κ3) is 2.92. The van der Waals surface area contributed by atoms with Crippen LogP contribution in [0.4, 0.5) is 0 Å². The molecule has 0 amide bonds. The highest BCUT2D eigenvalue weighted by molar-refractivity contribution is 7.13. The van der Waals surface area contributed by atoms with Crippen LogP contribution in [-0.2, 0) is 12.8 Å². The maximum absolute atomic E-state index is 5.68. The minimum absolute atomic E-state index is 0.663. The van der Waals surface area contributed by atoms with Crippen molar-refractivity contribution in [3.8, 4) is 10.8 Å². The first-order valence-corrected chi connectivity index (χ1v) is 6.76. The number of hydrogen-bond donors (Lipinski definition) is 1. The molecule has 4 nitrogen and oxygen atoms in total. The predicted molar refractivity (Wildman–Crippen MR) is 69.2 cm³/mol. The van der Waals surface area contributed by atoms with Gasteiger partial charge in [0.25, 0.3) is 5.89 Å². The Morgan fingerprint density at radius 2 is 2.29 bits per heavy atom. The minimum atomic E-state index is 0.663. The van der Waals surface area contributed by atoms with Crippen LogP contribution in [0.15, 0.2) is 15.9 Å². The second-order valence-electron chi connectivity index (χ2n) is 3.84. The molecule has 2 rings (SSSR count). The zero-order valence-corrected chi connectivity index (χ0v) is 11.0. The van der Waals surface area contributed by atoms with Crippen LogP contribution < -0.4 is 5.32 Å². The van der Waals surface area contributed by atoms with Crippen molar-refractivity contribution < 1.29 is 4.42 Å². The summed E-state index contributed by atoms with van der Waals surface area (Å²) < 4.78 is 5.68. The first-order chi connectivity index (χ1) is 8.35. The van der Waals surface area contributed by atoms with Crippen LogP contribution in [0.5, 0.6) is 0 Å². The van der Waals surface area contributed by atoms with E-state index in [1.807, 2.05) is 7.05 Å². The molecule has 0 aliphatic rings. The quantitative estimate of drug-likeness (QED) is 0.801. The summed E-state index contributed by atoms with van der Waals surface area (Å²) in [5.41, 5.74) is 1.28. The molecule has 5 heteroatoms. The van der Waals surface area contributed by atoms with Crippen molar-refractivity contribution in [2.75, 3.05) is 13.6 Å².